The molecule has 0 spiro atoms. The van der Waals surface area contributed by atoms with Gasteiger partial charge in [0, 0.05) is 55.4 Å². The van der Waals surface area contributed by atoms with E-state index in [4.69, 9.17) is 11.6 Å². The first-order valence-electron chi connectivity index (χ1n) is 10.6. The summed E-state index contributed by atoms with van der Waals surface area (Å²) in [6, 6.07) is 14.5. The molecule has 0 saturated carbocycles. The van der Waals surface area contributed by atoms with E-state index in [1.54, 1.807) is 18.2 Å². The molecule has 5 nitrogen and oxygen atoms in total. The molecule has 0 atom stereocenters. The number of hydrogen-bond donors (Lipinski definition) is 0. The molecule has 164 valence electrons. The van der Waals surface area contributed by atoms with Gasteiger partial charge < -0.3 is 9.80 Å². The SMILES string of the molecule is O=C(CCc1csc2nc(-c3ccccc3F)cn12)N1CCN(c2ccccc2Cl)CC1. The van der Waals surface area contributed by atoms with Gasteiger partial charge in [-0.25, -0.2) is 9.37 Å². The van der Waals surface area contributed by atoms with Gasteiger partial charge in [-0.15, -0.1) is 11.3 Å². The van der Waals surface area contributed by atoms with Gasteiger partial charge in [-0.2, -0.15) is 0 Å². The minimum Gasteiger partial charge on any atom is -0.367 e. The predicted octanol–water partition coefficient (Wildman–Crippen LogP) is 5.14. The Balaban J connectivity index is 1.21. The van der Waals surface area contributed by atoms with E-state index in [2.05, 4.69) is 9.88 Å². The number of imidazole rings is 1. The zero-order valence-corrected chi connectivity index (χ0v) is 18.9. The Kier molecular flexibility index (Phi) is 5.85. The Morgan fingerprint density at radius 2 is 1.81 bits per heavy atom. The van der Waals surface area contributed by atoms with Crippen LogP contribution in [0.25, 0.3) is 16.2 Å². The first-order chi connectivity index (χ1) is 15.6. The van der Waals surface area contributed by atoms with Gasteiger partial charge in [-0.3, -0.25) is 9.20 Å². The summed E-state index contributed by atoms with van der Waals surface area (Å²) in [7, 11) is 0. The maximum atomic E-state index is 14.1. The highest BCUT2D eigenvalue weighted by atomic mass is 35.5. The third kappa shape index (κ3) is 4.10. The lowest BCUT2D eigenvalue weighted by atomic mass is 10.1. The van der Waals surface area contributed by atoms with Crippen LogP contribution in [-0.4, -0.2) is 46.4 Å². The summed E-state index contributed by atoms with van der Waals surface area (Å²) >= 11 is 7.82. The molecule has 0 N–H and O–H groups in total. The molecule has 8 heteroatoms. The zero-order valence-electron chi connectivity index (χ0n) is 17.4. The van der Waals surface area contributed by atoms with Gasteiger partial charge in [0.05, 0.1) is 16.4 Å². The second-order valence-corrected chi connectivity index (χ2v) is 9.05. The second-order valence-electron chi connectivity index (χ2n) is 7.80. The van der Waals surface area contributed by atoms with Crippen molar-refractivity contribution in [3.05, 3.63) is 76.6 Å². The highest BCUT2D eigenvalue weighted by Crippen LogP contribution is 2.27. The normalized spacial score (nSPS) is 14.3. The third-order valence-corrected chi connectivity index (χ3v) is 7.06. The summed E-state index contributed by atoms with van der Waals surface area (Å²) in [5.74, 6) is -0.136. The molecule has 1 aliphatic heterocycles. The number of para-hydroxylation sites is 1. The summed E-state index contributed by atoms with van der Waals surface area (Å²) in [5.41, 5.74) is 3.14. The summed E-state index contributed by atoms with van der Waals surface area (Å²) in [5, 5.41) is 2.76. The van der Waals surface area contributed by atoms with Crippen LogP contribution in [0.2, 0.25) is 5.02 Å². The number of anilines is 1. The lowest BCUT2D eigenvalue weighted by Gasteiger charge is -2.36. The quantitative estimate of drug-likeness (QED) is 0.407. The average Bonchev–Trinajstić information content (AvgIpc) is 3.39. The first kappa shape index (κ1) is 21.0. The molecule has 2 aromatic heterocycles. The van der Waals surface area contributed by atoms with Crippen LogP contribution in [0.3, 0.4) is 0 Å². The fraction of sp³-hybridized carbons (Fsp3) is 0.250. The number of amides is 1. The minimum atomic E-state index is -0.286. The summed E-state index contributed by atoms with van der Waals surface area (Å²) in [4.78, 5) is 22.3. The van der Waals surface area contributed by atoms with Crippen LogP contribution >= 0.6 is 22.9 Å². The smallest absolute Gasteiger partial charge is 0.223 e. The highest BCUT2D eigenvalue weighted by Gasteiger charge is 2.22. The molecule has 32 heavy (non-hydrogen) atoms. The Morgan fingerprint density at radius 1 is 1.06 bits per heavy atom. The molecule has 1 saturated heterocycles. The zero-order chi connectivity index (χ0) is 22.1. The number of nitrogens with zero attached hydrogens (tertiary/aromatic N) is 4. The van der Waals surface area contributed by atoms with Crippen molar-refractivity contribution in [1.29, 1.82) is 0 Å². The number of fused-ring (bicyclic) bond motifs is 1. The Hall–Kier alpha value is -2.90. The molecular formula is C24H22ClFN4OS. The Labute approximate surface area is 194 Å². The van der Waals surface area contributed by atoms with Gasteiger partial charge in [0.25, 0.3) is 0 Å². The minimum absolute atomic E-state index is 0.151. The molecular weight excluding hydrogens is 447 g/mol. The van der Waals surface area contributed by atoms with Crippen molar-refractivity contribution >= 4 is 39.5 Å². The molecule has 1 aliphatic rings. The highest BCUT2D eigenvalue weighted by molar-refractivity contribution is 7.15. The number of halogens is 2. The summed E-state index contributed by atoms with van der Waals surface area (Å²) in [6.07, 6.45) is 2.91. The Morgan fingerprint density at radius 3 is 2.59 bits per heavy atom. The number of carbonyl (C=O) groups excluding carboxylic acids is 1. The summed E-state index contributed by atoms with van der Waals surface area (Å²) < 4.78 is 16.1. The maximum absolute atomic E-state index is 14.1. The number of rotatable bonds is 5. The van der Waals surface area contributed by atoms with Crippen LogP contribution in [0.4, 0.5) is 10.1 Å². The number of aryl methyl sites for hydroxylation is 1. The molecule has 0 radical (unpaired) electrons. The van der Waals surface area contributed by atoms with Gasteiger partial charge in [0.1, 0.15) is 5.82 Å². The van der Waals surface area contributed by atoms with Gasteiger partial charge in [0.15, 0.2) is 4.96 Å². The molecule has 0 bridgehead atoms. The fourth-order valence-electron chi connectivity index (χ4n) is 4.11. The predicted molar refractivity (Wildman–Crippen MR) is 127 cm³/mol. The molecule has 1 amide bonds. The van der Waals surface area contributed by atoms with Gasteiger partial charge >= 0.3 is 0 Å². The van der Waals surface area contributed by atoms with Gasteiger partial charge in [-0.05, 0) is 30.7 Å². The maximum Gasteiger partial charge on any atom is 0.223 e. The number of hydrogen-bond acceptors (Lipinski definition) is 4. The first-order valence-corrected chi connectivity index (χ1v) is 11.8. The van der Waals surface area contributed by atoms with Crippen LogP contribution in [0, 0.1) is 5.82 Å². The number of thiazole rings is 1. The molecule has 2 aromatic carbocycles. The molecule has 1 fully saturated rings. The van der Waals surface area contributed by atoms with Crippen molar-refractivity contribution in [2.75, 3.05) is 31.1 Å². The van der Waals surface area contributed by atoms with Crippen LogP contribution in [0.15, 0.2) is 60.1 Å². The molecule has 0 aliphatic carbocycles. The van der Waals surface area contributed by atoms with Crippen molar-refractivity contribution in [3.63, 3.8) is 0 Å². The van der Waals surface area contributed by atoms with Crippen LogP contribution in [-0.2, 0) is 11.2 Å². The topological polar surface area (TPSA) is 40.9 Å². The number of benzene rings is 2. The standard InChI is InChI=1S/C24H22ClFN4OS/c25-19-6-2-4-8-22(19)28-11-13-29(14-12-28)23(31)10-9-17-16-32-24-27-21(15-30(17)24)18-5-1-3-7-20(18)26/h1-8,15-16H,9-14H2. The van der Waals surface area contributed by atoms with E-state index < -0.39 is 0 Å². The van der Waals surface area contributed by atoms with Gasteiger partial charge in [-0.1, -0.05) is 35.9 Å². The van der Waals surface area contributed by atoms with Crippen molar-refractivity contribution in [2.24, 2.45) is 0 Å². The van der Waals surface area contributed by atoms with E-state index >= 15 is 0 Å². The third-order valence-electron chi connectivity index (χ3n) is 5.85. The van der Waals surface area contributed by atoms with E-state index in [1.807, 2.05) is 45.1 Å². The van der Waals surface area contributed by atoms with Crippen molar-refractivity contribution in [2.45, 2.75) is 12.8 Å². The van der Waals surface area contributed by atoms with E-state index in [1.165, 1.54) is 17.4 Å². The van der Waals surface area contributed by atoms with Crippen molar-refractivity contribution < 1.29 is 9.18 Å². The van der Waals surface area contributed by atoms with Gasteiger partial charge in [0.2, 0.25) is 5.91 Å². The van der Waals surface area contributed by atoms with E-state index in [9.17, 15) is 9.18 Å². The Bertz CT molecular complexity index is 1260. The van der Waals surface area contributed by atoms with Crippen molar-refractivity contribution in [3.8, 4) is 11.3 Å². The molecule has 5 rings (SSSR count). The molecule has 4 aromatic rings. The lowest BCUT2D eigenvalue weighted by Crippen LogP contribution is -2.49. The molecule has 0 unspecified atom stereocenters. The second kappa shape index (κ2) is 8.92. The monoisotopic (exact) mass is 468 g/mol. The van der Waals surface area contributed by atoms with Crippen LogP contribution in [0.5, 0.6) is 0 Å². The lowest BCUT2D eigenvalue weighted by molar-refractivity contribution is -0.131. The van der Waals surface area contributed by atoms with Crippen LogP contribution < -0.4 is 4.90 Å². The van der Waals surface area contributed by atoms with E-state index in [-0.39, 0.29) is 11.7 Å². The summed E-state index contributed by atoms with van der Waals surface area (Å²) in [6.45, 7) is 2.91. The van der Waals surface area contributed by atoms with E-state index in [0.29, 0.717) is 37.2 Å². The van der Waals surface area contributed by atoms with E-state index in [0.717, 1.165) is 34.5 Å². The fourth-order valence-corrected chi connectivity index (χ4v) is 5.27. The molecule has 3 heterocycles. The number of aromatic nitrogens is 2. The number of carbonyl (C=O) groups is 1. The average molecular weight is 469 g/mol. The largest absolute Gasteiger partial charge is 0.367 e. The number of piperazine rings is 1. The van der Waals surface area contributed by atoms with Crippen LogP contribution in [0.1, 0.15) is 12.1 Å². The van der Waals surface area contributed by atoms with Crippen molar-refractivity contribution in [1.82, 2.24) is 14.3 Å².